The predicted octanol–water partition coefficient (Wildman–Crippen LogP) is 3.91. The number of ketones is 1. The molecule has 1 aromatic rings. The predicted molar refractivity (Wildman–Crippen MR) is 66.9 cm³/mol. The molecule has 70 valence electrons. The zero-order valence-corrected chi connectivity index (χ0v) is 11.2. The van der Waals surface area contributed by atoms with Crippen LogP contribution in [0.4, 0.5) is 0 Å². The van der Waals surface area contributed by atoms with E-state index in [9.17, 15) is 4.79 Å². The van der Waals surface area contributed by atoms with E-state index in [0.29, 0.717) is 22.3 Å². The highest BCUT2D eigenvalue weighted by Crippen LogP contribution is 2.23. The van der Waals surface area contributed by atoms with Gasteiger partial charge in [0.2, 0.25) is 0 Å². The van der Waals surface area contributed by atoms with Crippen LogP contribution in [0.15, 0.2) is 18.2 Å². The Morgan fingerprint density at radius 3 is 2.85 bits per heavy atom. The zero-order chi connectivity index (χ0) is 9.84. The van der Waals surface area contributed by atoms with Gasteiger partial charge in [0.1, 0.15) is 0 Å². The van der Waals surface area contributed by atoms with Crippen LogP contribution >= 0.6 is 50.1 Å². The Kier molecular flexibility index (Phi) is 4.69. The Balaban J connectivity index is 3.01. The fraction of sp³-hybridized carbons (Fsp3) is 0.222. The van der Waals surface area contributed by atoms with Crippen molar-refractivity contribution in [2.45, 2.75) is 6.42 Å². The lowest BCUT2D eigenvalue weighted by molar-refractivity contribution is 0.0990. The number of hydrogen-bond acceptors (Lipinski definition) is 1. The molecule has 0 saturated heterocycles. The van der Waals surface area contributed by atoms with Gasteiger partial charge in [0.25, 0.3) is 0 Å². The minimum Gasteiger partial charge on any atom is -0.294 e. The lowest BCUT2D eigenvalue weighted by Crippen LogP contribution is -2.01. The fourth-order valence-corrected chi connectivity index (χ4v) is 2.03. The summed E-state index contributed by atoms with van der Waals surface area (Å²) < 4.78 is 0.916. The molecule has 0 spiro atoms. The SMILES string of the molecule is O=C(CCBr)c1cccc(I)c1Cl. The molecule has 0 aliphatic carbocycles. The van der Waals surface area contributed by atoms with Gasteiger partial charge in [-0.2, -0.15) is 0 Å². The van der Waals surface area contributed by atoms with Crippen molar-refractivity contribution in [2.75, 3.05) is 5.33 Å². The summed E-state index contributed by atoms with van der Waals surface area (Å²) in [6.07, 6.45) is 0.486. The molecule has 4 heteroatoms. The second-order valence-corrected chi connectivity index (χ2v) is 4.80. The molecule has 0 heterocycles. The van der Waals surface area contributed by atoms with Crippen LogP contribution in [-0.4, -0.2) is 11.1 Å². The van der Waals surface area contributed by atoms with Crippen LogP contribution in [0.3, 0.4) is 0 Å². The van der Waals surface area contributed by atoms with Gasteiger partial charge in [0.05, 0.1) is 5.02 Å². The summed E-state index contributed by atoms with van der Waals surface area (Å²) in [5.41, 5.74) is 0.619. The van der Waals surface area contributed by atoms with Crippen molar-refractivity contribution < 1.29 is 4.79 Å². The highest BCUT2D eigenvalue weighted by molar-refractivity contribution is 14.1. The molecule has 0 aromatic heterocycles. The first-order valence-corrected chi connectivity index (χ1v) is 6.28. The molecule has 0 aliphatic rings. The first-order valence-electron chi connectivity index (χ1n) is 3.70. The van der Waals surface area contributed by atoms with Crippen LogP contribution in [-0.2, 0) is 0 Å². The van der Waals surface area contributed by atoms with E-state index in [1.807, 2.05) is 12.1 Å². The van der Waals surface area contributed by atoms with Gasteiger partial charge in [-0.05, 0) is 34.7 Å². The van der Waals surface area contributed by atoms with E-state index in [2.05, 4.69) is 38.5 Å². The third kappa shape index (κ3) is 2.92. The van der Waals surface area contributed by atoms with E-state index in [1.165, 1.54) is 0 Å². The van der Waals surface area contributed by atoms with E-state index >= 15 is 0 Å². The molecule has 1 nitrogen and oxygen atoms in total. The summed E-state index contributed by atoms with van der Waals surface area (Å²) in [6, 6.07) is 5.48. The van der Waals surface area contributed by atoms with Crippen molar-refractivity contribution in [3.8, 4) is 0 Å². The molecule has 0 fully saturated rings. The zero-order valence-electron chi connectivity index (χ0n) is 6.69. The van der Waals surface area contributed by atoms with Gasteiger partial charge in [-0.25, -0.2) is 0 Å². The number of carbonyl (C=O) groups is 1. The lowest BCUT2D eigenvalue weighted by atomic mass is 10.1. The Labute approximate surface area is 104 Å². The van der Waals surface area contributed by atoms with Crippen molar-refractivity contribution in [1.29, 1.82) is 0 Å². The number of Topliss-reactive ketones (excluding diaryl/α,β-unsaturated/α-hetero) is 1. The summed E-state index contributed by atoms with van der Waals surface area (Å²) in [5, 5.41) is 1.24. The number of carbonyl (C=O) groups excluding carboxylic acids is 1. The molecule has 0 atom stereocenters. The number of benzene rings is 1. The van der Waals surface area contributed by atoms with Crippen LogP contribution in [0.2, 0.25) is 5.02 Å². The number of rotatable bonds is 3. The van der Waals surface area contributed by atoms with E-state index in [1.54, 1.807) is 6.07 Å². The molecule has 0 aliphatic heterocycles. The molecule has 13 heavy (non-hydrogen) atoms. The Morgan fingerprint density at radius 2 is 2.23 bits per heavy atom. The Bertz CT molecular complexity index is 327. The molecule has 0 unspecified atom stereocenters. The quantitative estimate of drug-likeness (QED) is 0.446. The molecule has 1 aromatic carbocycles. The van der Waals surface area contributed by atoms with E-state index in [-0.39, 0.29) is 5.78 Å². The monoisotopic (exact) mass is 372 g/mol. The van der Waals surface area contributed by atoms with E-state index < -0.39 is 0 Å². The number of alkyl halides is 1. The van der Waals surface area contributed by atoms with Crippen LogP contribution in [0, 0.1) is 3.57 Å². The molecular formula is C9H7BrClIO. The number of hydrogen-bond donors (Lipinski definition) is 0. The van der Waals surface area contributed by atoms with Gasteiger partial charge in [-0.1, -0.05) is 33.6 Å². The third-order valence-corrected chi connectivity index (χ3v) is 3.60. The molecule has 1 rings (SSSR count). The summed E-state index contributed by atoms with van der Waals surface area (Å²) in [5.74, 6) is 0.0837. The second-order valence-electron chi connectivity index (χ2n) is 2.46. The highest BCUT2D eigenvalue weighted by atomic mass is 127. The number of halogens is 3. The van der Waals surface area contributed by atoms with Gasteiger partial charge in [-0.3, -0.25) is 4.79 Å². The second kappa shape index (κ2) is 5.32. The van der Waals surface area contributed by atoms with Gasteiger partial charge in [0.15, 0.2) is 5.78 Å². The maximum absolute atomic E-state index is 11.5. The highest BCUT2D eigenvalue weighted by Gasteiger charge is 2.10. The average Bonchev–Trinajstić information content (AvgIpc) is 2.10. The Morgan fingerprint density at radius 1 is 1.54 bits per heavy atom. The molecule has 0 radical (unpaired) electrons. The molecule has 0 N–H and O–H groups in total. The largest absolute Gasteiger partial charge is 0.294 e. The first-order chi connectivity index (χ1) is 6.16. The fourth-order valence-electron chi connectivity index (χ4n) is 0.940. The maximum Gasteiger partial charge on any atom is 0.165 e. The normalized spacial score (nSPS) is 10.1. The molecule has 0 amide bonds. The topological polar surface area (TPSA) is 17.1 Å². The minimum atomic E-state index is 0.0837. The summed E-state index contributed by atoms with van der Waals surface area (Å²) in [6.45, 7) is 0. The maximum atomic E-state index is 11.5. The van der Waals surface area contributed by atoms with Gasteiger partial charge in [-0.15, -0.1) is 0 Å². The van der Waals surface area contributed by atoms with Gasteiger partial charge >= 0.3 is 0 Å². The molecular weight excluding hydrogens is 366 g/mol. The van der Waals surface area contributed by atoms with E-state index in [4.69, 9.17) is 11.6 Å². The summed E-state index contributed by atoms with van der Waals surface area (Å²) in [7, 11) is 0. The van der Waals surface area contributed by atoms with Crippen molar-refractivity contribution in [2.24, 2.45) is 0 Å². The van der Waals surface area contributed by atoms with E-state index in [0.717, 1.165) is 3.57 Å². The summed E-state index contributed by atoms with van der Waals surface area (Å²) >= 11 is 11.3. The van der Waals surface area contributed by atoms with Crippen molar-refractivity contribution in [3.63, 3.8) is 0 Å². The van der Waals surface area contributed by atoms with Gasteiger partial charge < -0.3 is 0 Å². The van der Waals surface area contributed by atoms with Crippen LogP contribution in [0.5, 0.6) is 0 Å². The lowest BCUT2D eigenvalue weighted by Gasteiger charge is -2.02. The van der Waals surface area contributed by atoms with Crippen LogP contribution < -0.4 is 0 Å². The van der Waals surface area contributed by atoms with Crippen LogP contribution in [0.25, 0.3) is 0 Å². The average molecular weight is 373 g/mol. The summed E-state index contributed by atoms with van der Waals surface area (Å²) in [4.78, 5) is 11.5. The van der Waals surface area contributed by atoms with Gasteiger partial charge in [0, 0.05) is 20.9 Å². The van der Waals surface area contributed by atoms with Crippen molar-refractivity contribution in [3.05, 3.63) is 32.4 Å². The van der Waals surface area contributed by atoms with Crippen LogP contribution in [0.1, 0.15) is 16.8 Å². The smallest absolute Gasteiger partial charge is 0.165 e. The third-order valence-electron chi connectivity index (χ3n) is 1.57. The molecule has 0 saturated carbocycles. The van der Waals surface area contributed by atoms with Crippen molar-refractivity contribution in [1.82, 2.24) is 0 Å². The molecule has 0 bridgehead atoms. The van der Waals surface area contributed by atoms with Crippen molar-refractivity contribution >= 4 is 55.9 Å². The minimum absolute atomic E-state index is 0.0837. The Hall–Kier alpha value is 0.390. The first kappa shape index (κ1) is 11.5. The standard InChI is InChI=1S/C9H7BrClIO/c10-5-4-8(13)6-2-1-3-7(12)9(6)11/h1-3H,4-5H2.